The van der Waals surface area contributed by atoms with E-state index in [1.807, 2.05) is 4.90 Å². The van der Waals surface area contributed by atoms with Crippen LogP contribution < -0.4 is 5.32 Å². The zero-order valence-electron chi connectivity index (χ0n) is 11.3. The third kappa shape index (κ3) is 2.59. The van der Waals surface area contributed by atoms with E-state index in [2.05, 4.69) is 22.4 Å². The van der Waals surface area contributed by atoms with Crippen LogP contribution in [0.25, 0.3) is 0 Å². The monoisotopic (exact) mass is 280 g/mol. The summed E-state index contributed by atoms with van der Waals surface area (Å²) in [6, 6.07) is 0.469. The molecule has 0 spiro atoms. The fourth-order valence-corrected chi connectivity index (χ4v) is 4.10. The molecule has 2 aliphatic rings. The Morgan fingerprint density at radius 1 is 1.42 bits per heavy atom. The maximum Gasteiger partial charge on any atom is 0.323 e. The Morgan fingerprint density at radius 3 is 3.16 bits per heavy atom. The lowest BCUT2D eigenvalue weighted by atomic mass is 10.1. The Labute approximate surface area is 117 Å². The van der Waals surface area contributed by atoms with Crippen molar-refractivity contribution in [3.05, 3.63) is 5.01 Å². The summed E-state index contributed by atoms with van der Waals surface area (Å²) in [7, 11) is 0. The second-order valence-corrected chi connectivity index (χ2v) is 6.48. The number of urea groups is 1. The zero-order chi connectivity index (χ0) is 13.2. The number of carbonyl (C=O) groups excluding carboxylic acids is 1. The average Bonchev–Trinajstić information content (AvgIpc) is 3.04. The molecule has 2 fully saturated rings. The predicted octanol–water partition coefficient (Wildman–Crippen LogP) is 2.90. The van der Waals surface area contributed by atoms with E-state index >= 15 is 0 Å². The van der Waals surface area contributed by atoms with Crippen molar-refractivity contribution >= 4 is 22.5 Å². The van der Waals surface area contributed by atoms with E-state index in [4.69, 9.17) is 0 Å². The van der Waals surface area contributed by atoms with Crippen LogP contribution in [0.5, 0.6) is 0 Å². The van der Waals surface area contributed by atoms with Crippen LogP contribution in [0.1, 0.15) is 44.0 Å². The molecule has 1 aromatic heterocycles. The highest BCUT2D eigenvalue weighted by molar-refractivity contribution is 7.15. The van der Waals surface area contributed by atoms with Gasteiger partial charge in [-0.05, 0) is 31.6 Å². The Hall–Kier alpha value is -1.17. The molecule has 19 heavy (non-hydrogen) atoms. The summed E-state index contributed by atoms with van der Waals surface area (Å²) in [6.45, 7) is 3.01. The maximum atomic E-state index is 12.3. The number of anilines is 1. The van der Waals surface area contributed by atoms with Crippen LogP contribution in [0.15, 0.2) is 0 Å². The molecule has 2 heterocycles. The molecule has 1 aliphatic carbocycles. The van der Waals surface area contributed by atoms with E-state index in [1.165, 1.54) is 24.2 Å². The van der Waals surface area contributed by atoms with Crippen molar-refractivity contribution in [3.8, 4) is 0 Å². The third-order valence-corrected chi connectivity index (χ3v) is 5.06. The number of aromatic nitrogens is 2. The fourth-order valence-electron chi connectivity index (χ4n) is 3.27. The molecule has 1 saturated heterocycles. The number of fused-ring (bicyclic) bond motifs is 1. The summed E-state index contributed by atoms with van der Waals surface area (Å²) in [5.74, 6) is 0.732. The van der Waals surface area contributed by atoms with Gasteiger partial charge < -0.3 is 4.90 Å². The second-order valence-electron chi connectivity index (χ2n) is 5.42. The minimum Gasteiger partial charge on any atom is -0.321 e. The van der Waals surface area contributed by atoms with E-state index in [9.17, 15) is 4.79 Å². The third-order valence-electron chi connectivity index (χ3n) is 4.17. The number of hydrogen-bond donors (Lipinski definition) is 1. The first-order chi connectivity index (χ1) is 9.28. The SMILES string of the molecule is CCCc1nnc(NC(=O)N2CC[C@H]3CCC[C@@H]32)s1. The number of aryl methyl sites for hydroxylation is 1. The van der Waals surface area contributed by atoms with E-state index < -0.39 is 0 Å². The van der Waals surface area contributed by atoms with Gasteiger partial charge in [-0.1, -0.05) is 24.7 Å². The van der Waals surface area contributed by atoms with Gasteiger partial charge in [0.25, 0.3) is 0 Å². The summed E-state index contributed by atoms with van der Waals surface area (Å²) in [5.41, 5.74) is 0. The standard InChI is InChI=1S/C13H20N4OS/c1-2-4-11-15-16-12(19-11)14-13(18)17-8-7-9-5-3-6-10(9)17/h9-10H,2-8H2,1H3,(H,14,16,18)/t9-,10+/m1/s1. The molecule has 6 heteroatoms. The van der Waals surface area contributed by atoms with Crippen molar-refractivity contribution in [1.29, 1.82) is 0 Å². The van der Waals surface area contributed by atoms with E-state index in [0.717, 1.165) is 43.2 Å². The molecule has 0 aromatic carbocycles. The summed E-state index contributed by atoms with van der Waals surface area (Å²) in [4.78, 5) is 14.3. The zero-order valence-corrected chi connectivity index (χ0v) is 12.1. The molecule has 1 N–H and O–H groups in total. The molecule has 1 aliphatic heterocycles. The fraction of sp³-hybridized carbons (Fsp3) is 0.769. The molecule has 2 atom stereocenters. The lowest BCUT2D eigenvalue weighted by Crippen LogP contribution is -2.39. The van der Waals surface area contributed by atoms with Crippen LogP contribution in [0.4, 0.5) is 9.93 Å². The van der Waals surface area contributed by atoms with Gasteiger partial charge in [-0.25, -0.2) is 4.79 Å². The molecule has 0 radical (unpaired) electrons. The van der Waals surface area contributed by atoms with Gasteiger partial charge in [0, 0.05) is 19.0 Å². The van der Waals surface area contributed by atoms with Gasteiger partial charge in [0.2, 0.25) is 5.13 Å². The Balaban J connectivity index is 1.61. The Bertz CT molecular complexity index is 461. The average molecular weight is 280 g/mol. The van der Waals surface area contributed by atoms with Gasteiger partial charge in [0.15, 0.2) is 0 Å². The molecule has 1 saturated carbocycles. The highest BCUT2D eigenvalue weighted by atomic mass is 32.1. The number of carbonyl (C=O) groups is 1. The topological polar surface area (TPSA) is 58.1 Å². The highest BCUT2D eigenvalue weighted by Gasteiger charge is 2.39. The van der Waals surface area contributed by atoms with Crippen molar-refractivity contribution < 1.29 is 4.79 Å². The van der Waals surface area contributed by atoms with Gasteiger partial charge in [0.1, 0.15) is 5.01 Å². The molecule has 1 aromatic rings. The number of nitrogens with zero attached hydrogens (tertiary/aromatic N) is 3. The number of amides is 2. The predicted molar refractivity (Wildman–Crippen MR) is 75.4 cm³/mol. The number of nitrogens with one attached hydrogen (secondary N) is 1. The molecule has 0 bridgehead atoms. The Kier molecular flexibility index (Phi) is 3.68. The van der Waals surface area contributed by atoms with E-state index in [1.54, 1.807) is 0 Å². The second kappa shape index (κ2) is 5.45. The van der Waals surface area contributed by atoms with Crippen LogP contribution in [-0.2, 0) is 6.42 Å². The van der Waals surface area contributed by atoms with Gasteiger partial charge in [-0.2, -0.15) is 0 Å². The van der Waals surface area contributed by atoms with Crippen LogP contribution in [-0.4, -0.2) is 33.7 Å². The smallest absolute Gasteiger partial charge is 0.321 e. The Morgan fingerprint density at radius 2 is 2.32 bits per heavy atom. The highest BCUT2D eigenvalue weighted by Crippen LogP contribution is 2.37. The molecule has 2 amide bonds. The van der Waals surface area contributed by atoms with Crippen LogP contribution in [0.2, 0.25) is 0 Å². The maximum absolute atomic E-state index is 12.3. The van der Waals surface area contributed by atoms with Gasteiger partial charge >= 0.3 is 6.03 Å². The molecular formula is C13H20N4OS. The van der Waals surface area contributed by atoms with Crippen molar-refractivity contribution in [3.63, 3.8) is 0 Å². The summed E-state index contributed by atoms with van der Waals surface area (Å²) in [5, 5.41) is 12.7. The largest absolute Gasteiger partial charge is 0.323 e. The molecular weight excluding hydrogens is 260 g/mol. The van der Waals surface area contributed by atoms with E-state index in [-0.39, 0.29) is 6.03 Å². The molecule has 5 nitrogen and oxygen atoms in total. The van der Waals surface area contributed by atoms with E-state index in [0.29, 0.717) is 11.2 Å². The number of rotatable bonds is 3. The first kappa shape index (κ1) is 12.8. The number of likely N-dealkylation sites (tertiary alicyclic amines) is 1. The van der Waals surface area contributed by atoms with Crippen molar-refractivity contribution in [1.82, 2.24) is 15.1 Å². The summed E-state index contributed by atoms with van der Waals surface area (Å²) >= 11 is 1.49. The van der Waals surface area contributed by atoms with Crippen LogP contribution >= 0.6 is 11.3 Å². The molecule has 104 valence electrons. The molecule has 0 unspecified atom stereocenters. The first-order valence-corrected chi connectivity index (χ1v) is 7.99. The number of hydrogen-bond acceptors (Lipinski definition) is 4. The quantitative estimate of drug-likeness (QED) is 0.926. The van der Waals surface area contributed by atoms with Crippen LogP contribution in [0, 0.1) is 5.92 Å². The van der Waals surface area contributed by atoms with Crippen molar-refractivity contribution in [2.24, 2.45) is 5.92 Å². The lowest BCUT2D eigenvalue weighted by Gasteiger charge is -2.23. The van der Waals surface area contributed by atoms with Crippen molar-refractivity contribution in [2.75, 3.05) is 11.9 Å². The summed E-state index contributed by atoms with van der Waals surface area (Å²) < 4.78 is 0. The lowest BCUT2D eigenvalue weighted by molar-refractivity contribution is 0.203. The normalized spacial score (nSPS) is 25.6. The van der Waals surface area contributed by atoms with Crippen LogP contribution in [0.3, 0.4) is 0 Å². The first-order valence-electron chi connectivity index (χ1n) is 7.18. The molecule has 3 rings (SSSR count). The van der Waals surface area contributed by atoms with Gasteiger partial charge in [-0.15, -0.1) is 10.2 Å². The minimum absolute atomic E-state index is 0.00796. The van der Waals surface area contributed by atoms with Gasteiger partial charge in [0.05, 0.1) is 0 Å². The van der Waals surface area contributed by atoms with Crippen molar-refractivity contribution in [2.45, 2.75) is 51.5 Å². The minimum atomic E-state index is 0.00796. The summed E-state index contributed by atoms with van der Waals surface area (Å²) in [6.07, 6.45) is 6.86. The van der Waals surface area contributed by atoms with Gasteiger partial charge in [-0.3, -0.25) is 5.32 Å².